The number of carbonyl (C=O) groups excluding carboxylic acids is 1. The monoisotopic (exact) mass is 264 g/mol. The highest BCUT2D eigenvalue weighted by Crippen LogP contribution is 2.16. The van der Waals surface area contributed by atoms with Gasteiger partial charge in [-0.1, -0.05) is 17.7 Å². The largest absolute Gasteiger partial charge is 0.298 e. The standard InChI is InChI=1S/C10H10ClFO3S/c1-16(14,15)6-8(13)4-7-2-3-10(12)9(11)5-7/h2-3,5H,4,6H2,1H3. The molecule has 0 aliphatic heterocycles. The fourth-order valence-electron chi connectivity index (χ4n) is 1.22. The third-order valence-electron chi connectivity index (χ3n) is 1.81. The molecule has 0 fully saturated rings. The summed E-state index contributed by atoms with van der Waals surface area (Å²) >= 11 is 5.53. The SMILES string of the molecule is CS(=O)(=O)CC(=O)Cc1ccc(F)c(Cl)c1. The molecule has 0 spiro atoms. The Labute approximate surface area is 98.1 Å². The topological polar surface area (TPSA) is 51.2 Å². The van der Waals surface area contributed by atoms with Gasteiger partial charge in [0, 0.05) is 12.7 Å². The van der Waals surface area contributed by atoms with Crippen molar-refractivity contribution in [2.75, 3.05) is 12.0 Å². The maximum absolute atomic E-state index is 12.8. The van der Waals surface area contributed by atoms with E-state index in [1.165, 1.54) is 12.1 Å². The van der Waals surface area contributed by atoms with Crippen LogP contribution in [0.3, 0.4) is 0 Å². The highest BCUT2D eigenvalue weighted by molar-refractivity contribution is 7.91. The molecule has 1 aromatic carbocycles. The maximum atomic E-state index is 12.8. The Morgan fingerprint density at radius 3 is 2.56 bits per heavy atom. The van der Waals surface area contributed by atoms with Gasteiger partial charge in [0.25, 0.3) is 0 Å². The number of ketones is 1. The van der Waals surface area contributed by atoms with Gasteiger partial charge in [-0.3, -0.25) is 4.79 Å². The third kappa shape index (κ3) is 4.28. The summed E-state index contributed by atoms with van der Waals surface area (Å²) in [7, 11) is -3.32. The molecule has 0 unspecified atom stereocenters. The van der Waals surface area contributed by atoms with E-state index >= 15 is 0 Å². The molecule has 3 nitrogen and oxygen atoms in total. The summed E-state index contributed by atoms with van der Waals surface area (Å²) in [5.74, 6) is -1.52. The van der Waals surface area contributed by atoms with E-state index in [4.69, 9.17) is 11.6 Å². The Morgan fingerprint density at radius 2 is 2.06 bits per heavy atom. The molecule has 0 aliphatic rings. The number of halogens is 2. The average Bonchev–Trinajstić information content (AvgIpc) is 2.08. The molecule has 0 saturated carbocycles. The molecule has 6 heteroatoms. The zero-order valence-electron chi connectivity index (χ0n) is 8.54. The van der Waals surface area contributed by atoms with Crippen molar-refractivity contribution < 1.29 is 17.6 Å². The van der Waals surface area contributed by atoms with Crippen molar-refractivity contribution >= 4 is 27.2 Å². The molecule has 16 heavy (non-hydrogen) atoms. The minimum atomic E-state index is -3.32. The van der Waals surface area contributed by atoms with Gasteiger partial charge < -0.3 is 0 Å². The molecule has 0 aliphatic carbocycles. The Kier molecular flexibility index (Phi) is 4.04. The Bertz CT molecular complexity index is 511. The molecule has 0 N–H and O–H groups in total. The highest BCUT2D eigenvalue weighted by atomic mass is 35.5. The lowest BCUT2D eigenvalue weighted by Crippen LogP contribution is -2.16. The first kappa shape index (κ1) is 13.1. The van der Waals surface area contributed by atoms with Crippen molar-refractivity contribution in [2.45, 2.75) is 6.42 Å². The number of rotatable bonds is 4. The van der Waals surface area contributed by atoms with E-state index < -0.39 is 27.2 Å². The summed E-state index contributed by atoms with van der Waals surface area (Å²) in [5.41, 5.74) is 0.500. The quantitative estimate of drug-likeness (QED) is 0.831. The molecule has 1 aromatic rings. The zero-order valence-corrected chi connectivity index (χ0v) is 10.1. The van der Waals surface area contributed by atoms with E-state index in [2.05, 4.69) is 0 Å². The van der Waals surface area contributed by atoms with Gasteiger partial charge in [0.05, 0.1) is 5.02 Å². The molecule has 0 atom stereocenters. The van der Waals surface area contributed by atoms with Crippen LogP contribution in [0.5, 0.6) is 0 Å². The summed E-state index contributed by atoms with van der Waals surface area (Å²) in [6.45, 7) is 0. The van der Waals surface area contributed by atoms with E-state index in [0.29, 0.717) is 5.56 Å². The lowest BCUT2D eigenvalue weighted by Gasteiger charge is -2.01. The van der Waals surface area contributed by atoms with Crippen LogP contribution in [0.4, 0.5) is 4.39 Å². The van der Waals surface area contributed by atoms with Gasteiger partial charge in [-0.2, -0.15) is 0 Å². The summed E-state index contributed by atoms with van der Waals surface area (Å²) in [5, 5.41) is -0.0790. The number of carbonyl (C=O) groups is 1. The smallest absolute Gasteiger partial charge is 0.154 e. The molecule has 0 aromatic heterocycles. The average molecular weight is 265 g/mol. The second kappa shape index (κ2) is 4.93. The fourth-order valence-corrected chi connectivity index (χ4v) is 2.11. The van der Waals surface area contributed by atoms with Gasteiger partial charge in [0.1, 0.15) is 11.6 Å². The maximum Gasteiger partial charge on any atom is 0.154 e. The van der Waals surface area contributed by atoms with Crippen LogP contribution in [-0.2, 0) is 21.1 Å². The van der Waals surface area contributed by atoms with Crippen molar-refractivity contribution in [1.82, 2.24) is 0 Å². The van der Waals surface area contributed by atoms with Crippen LogP contribution >= 0.6 is 11.6 Å². The van der Waals surface area contributed by atoms with Crippen LogP contribution in [0.15, 0.2) is 18.2 Å². The number of hydrogen-bond acceptors (Lipinski definition) is 3. The zero-order chi connectivity index (χ0) is 12.3. The van der Waals surface area contributed by atoms with Crippen LogP contribution in [0.25, 0.3) is 0 Å². The molecule has 0 radical (unpaired) electrons. The lowest BCUT2D eigenvalue weighted by atomic mass is 10.1. The predicted octanol–water partition coefficient (Wildman–Crippen LogP) is 1.64. The molecular formula is C10H10ClFO3S. The van der Waals surface area contributed by atoms with Gasteiger partial charge in [-0.15, -0.1) is 0 Å². The molecule has 0 saturated heterocycles. The second-order valence-electron chi connectivity index (χ2n) is 3.53. The number of sulfone groups is 1. The van der Waals surface area contributed by atoms with E-state index in [0.717, 1.165) is 12.3 Å². The van der Waals surface area contributed by atoms with E-state index in [9.17, 15) is 17.6 Å². The van der Waals surface area contributed by atoms with E-state index in [1.54, 1.807) is 0 Å². The highest BCUT2D eigenvalue weighted by Gasteiger charge is 2.12. The van der Waals surface area contributed by atoms with Crippen LogP contribution in [0.1, 0.15) is 5.56 Å². The first-order valence-corrected chi connectivity index (χ1v) is 6.85. The lowest BCUT2D eigenvalue weighted by molar-refractivity contribution is -0.116. The van der Waals surface area contributed by atoms with Gasteiger partial charge in [0.2, 0.25) is 0 Å². The van der Waals surface area contributed by atoms with Gasteiger partial charge in [0.15, 0.2) is 15.6 Å². The number of hydrogen-bond donors (Lipinski definition) is 0. The summed E-state index contributed by atoms with van der Waals surface area (Å²) in [6, 6.07) is 3.86. The van der Waals surface area contributed by atoms with Crippen LogP contribution in [0.2, 0.25) is 5.02 Å². The first-order valence-electron chi connectivity index (χ1n) is 4.41. The molecule has 0 heterocycles. The molecule has 0 bridgehead atoms. The normalized spacial score (nSPS) is 11.4. The molecule has 88 valence electrons. The molecular weight excluding hydrogens is 255 g/mol. The van der Waals surface area contributed by atoms with Crippen molar-refractivity contribution in [1.29, 1.82) is 0 Å². The molecule has 0 amide bonds. The number of benzene rings is 1. The minimum absolute atomic E-state index is 0.0624. The van der Waals surface area contributed by atoms with Gasteiger partial charge in [-0.25, -0.2) is 12.8 Å². The Hall–Kier alpha value is -0.940. The van der Waals surface area contributed by atoms with Crippen LogP contribution < -0.4 is 0 Å². The van der Waals surface area contributed by atoms with Crippen molar-refractivity contribution in [3.8, 4) is 0 Å². The van der Waals surface area contributed by atoms with Crippen molar-refractivity contribution in [3.05, 3.63) is 34.6 Å². The number of Topliss-reactive ketones (excluding diaryl/α,β-unsaturated/α-hetero) is 1. The Morgan fingerprint density at radius 1 is 1.44 bits per heavy atom. The van der Waals surface area contributed by atoms with Crippen LogP contribution in [0, 0.1) is 5.82 Å². The van der Waals surface area contributed by atoms with E-state index in [-0.39, 0.29) is 11.4 Å². The predicted molar refractivity (Wildman–Crippen MR) is 59.8 cm³/mol. The van der Waals surface area contributed by atoms with Crippen molar-refractivity contribution in [2.24, 2.45) is 0 Å². The van der Waals surface area contributed by atoms with Gasteiger partial charge >= 0.3 is 0 Å². The van der Waals surface area contributed by atoms with Crippen molar-refractivity contribution in [3.63, 3.8) is 0 Å². The fraction of sp³-hybridized carbons (Fsp3) is 0.300. The van der Waals surface area contributed by atoms with E-state index in [1.807, 2.05) is 0 Å². The summed E-state index contributed by atoms with van der Waals surface area (Å²) < 4.78 is 34.5. The minimum Gasteiger partial charge on any atom is -0.298 e. The third-order valence-corrected chi connectivity index (χ3v) is 2.94. The van der Waals surface area contributed by atoms with Crippen LogP contribution in [-0.4, -0.2) is 26.2 Å². The second-order valence-corrected chi connectivity index (χ2v) is 6.08. The molecule has 1 rings (SSSR count). The van der Waals surface area contributed by atoms with Gasteiger partial charge in [-0.05, 0) is 17.7 Å². The Balaban J connectivity index is 2.74. The summed E-state index contributed by atoms with van der Waals surface area (Å²) in [4.78, 5) is 11.3. The first-order chi connectivity index (χ1) is 7.28. The summed E-state index contributed by atoms with van der Waals surface area (Å²) in [6.07, 6.45) is 0.926.